The maximum Gasteiger partial charge on any atom is 0.220 e. The molecule has 252 valence electrons. The molecule has 5 heteroatoms. The number of hydrogen-bond acceptors (Lipinski definition) is 4. The van der Waals surface area contributed by atoms with E-state index in [1.54, 1.807) is 0 Å². The van der Waals surface area contributed by atoms with Gasteiger partial charge in [-0.2, -0.15) is 0 Å². The van der Waals surface area contributed by atoms with Crippen molar-refractivity contribution in [1.82, 2.24) is 5.32 Å². The fourth-order valence-electron chi connectivity index (χ4n) is 5.29. The Morgan fingerprint density at radius 1 is 0.558 bits per heavy atom. The standard InChI is InChI=1S/C38H71NO4/c1-3-5-7-9-11-13-15-17-18-19-21-23-25-27-29-31-33-37(42)39-35(34-40)38(43)36(41)32-30-28-26-24-22-20-16-14-12-10-8-6-4-2/h14,16,18-19,24,26,35-36,38,40-41,43H,3-13,15,17,20-23,25,27-34H2,1-2H3,(H,39,42)/b16-14+,19-18-,26-24+. The molecule has 0 aromatic rings. The van der Waals surface area contributed by atoms with Gasteiger partial charge >= 0.3 is 0 Å². The largest absolute Gasteiger partial charge is 0.394 e. The average molecular weight is 606 g/mol. The van der Waals surface area contributed by atoms with Crippen molar-refractivity contribution < 1.29 is 20.1 Å². The van der Waals surface area contributed by atoms with Gasteiger partial charge in [-0.3, -0.25) is 4.79 Å². The average Bonchev–Trinajstić information content (AvgIpc) is 3.01. The van der Waals surface area contributed by atoms with Gasteiger partial charge in [0.25, 0.3) is 0 Å². The van der Waals surface area contributed by atoms with Crippen molar-refractivity contribution in [1.29, 1.82) is 0 Å². The van der Waals surface area contributed by atoms with E-state index < -0.39 is 18.2 Å². The van der Waals surface area contributed by atoms with Gasteiger partial charge in [-0.15, -0.1) is 0 Å². The zero-order valence-corrected chi connectivity index (χ0v) is 28.3. The molecule has 3 unspecified atom stereocenters. The van der Waals surface area contributed by atoms with Crippen molar-refractivity contribution >= 4 is 5.91 Å². The van der Waals surface area contributed by atoms with Gasteiger partial charge in [0.15, 0.2) is 0 Å². The van der Waals surface area contributed by atoms with Crippen LogP contribution < -0.4 is 5.32 Å². The first-order valence-corrected chi connectivity index (χ1v) is 18.3. The van der Waals surface area contributed by atoms with E-state index in [0.29, 0.717) is 12.8 Å². The molecule has 0 saturated heterocycles. The fraction of sp³-hybridized carbons (Fsp3) is 0.816. The van der Waals surface area contributed by atoms with Crippen LogP contribution in [0.15, 0.2) is 36.5 Å². The van der Waals surface area contributed by atoms with Gasteiger partial charge in [0.05, 0.1) is 18.8 Å². The quantitative estimate of drug-likeness (QED) is 0.0454. The second-order valence-electron chi connectivity index (χ2n) is 12.4. The lowest BCUT2D eigenvalue weighted by Gasteiger charge is -2.26. The molecule has 0 aliphatic carbocycles. The Balaban J connectivity index is 3.79. The predicted molar refractivity (Wildman–Crippen MR) is 185 cm³/mol. The first-order valence-electron chi connectivity index (χ1n) is 18.3. The van der Waals surface area contributed by atoms with Crippen molar-refractivity contribution in [2.75, 3.05) is 6.61 Å². The zero-order chi connectivity index (χ0) is 31.6. The number of allylic oxidation sites excluding steroid dienone is 6. The van der Waals surface area contributed by atoms with E-state index in [0.717, 1.165) is 51.4 Å². The van der Waals surface area contributed by atoms with E-state index >= 15 is 0 Å². The molecule has 0 fully saturated rings. The van der Waals surface area contributed by atoms with E-state index in [2.05, 4.69) is 55.6 Å². The number of aliphatic hydroxyl groups is 3. The van der Waals surface area contributed by atoms with E-state index in [1.165, 1.54) is 96.3 Å². The Labute approximate surface area is 266 Å². The van der Waals surface area contributed by atoms with Gasteiger partial charge in [0.2, 0.25) is 5.91 Å². The molecule has 3 atom stereocenters. The first kappa shape index (κ1) is 41.6. The number of unbranched alkanes of at least 4 members (excludes halogenated alkanes) is 18. The summed E-state index contributed by atoms with van der Waals surface area (Å²) >= 11 is 0. The smallest absolute Gasteiger partial charge is 0.220 e. The summed E-state index contributed by atoms with van der Waals surface area (Å²) in [6, 6.07) is -0.834. The Kier molecular flexibility index (Phi) is 32.3. The van der Waals surface area contributed by atoms with Gasteiger partial charge < -0.3 is 20.6 Å². The van der Waals surface area contributed by atoms with E-state index in [1.807, 2.05) is 0 Å². The van der Waals surface area contributed by atoms with Gasteiger partial charge in [-0.25, -0.2) is 0 Å². The topological polar surface area (TPSA) is 89.8 Å². The molecule has 0 spiro atoms. The summed E-state index contributed by atoms with van der Waals surface area (Å²) in [4.78, 5) is 12.3. The number of carbonyl (C=O) groups is 1. The molecule has 0 bridgehead atoms. The minimum Gasteiger partial charge on any atom is -0.394 e. The van der Waals surface area contributed by atoms with Crippen molar-refractivity contribution in [3.05, 3.63) is 36.5 Å². The van der Waals surface area contributed by atoms with Gasteiger partial charge in [0.1, 0.15) is 6.10 Å². The van der Waals surface area contributed by atoms with Crippen LogP contribution in [0.5, 0.6) is 0 Å². The van der Waals surface area contributed by atoms with E-state index in [-0.39, 0.29) is 12.5 Å². The molecule has 0 aliphatic heterocycles. The maximum atomic E-state index is 12.3. The molecule has 0 saturated carbocycles. The highest BCUT2D eigenvalue weighted by Crippen LogP contribution is 2.12. The van der Waals surface area contributed by atoms with Crippen molar-refractivity contribution in [2.45, 2.75) is 193 Å². The van der Waals surface area contributed by atoms with Crippen LogP contribution in [0.2, 0.25) is 0 Å². The van der Waals surface area contributed by atoms with Crippen LogP contribution in [0, 0.1) is 0 Å². The Morgan fingerprint density at radius 2 is 0.953 bits per heavy atom. The van der Waals surface area contributed by atoms with Crippen LogP contribution in [-0.4, -0.2) is 46.1 Å². The number of carbonyl (C=O) groups excluding carboxylic acids is 1. The highest BCUT2D eigenvalue weighted by molar-refractivity contribution is 5.76. The van der Waals surface area contributed by atoms with E-state index in [9.17, 15) is 20.1 Å². The first-order chi connectivity index (χ1) is 21.1. The molecule has 0 heterocycles. The van der Waals surface area contributed by atoms with Crippen LogP contribution in [0.4, 0.5) is 0 Å². The third-order valence-electron chi connectivity index (χ3n) is 8.19. The molecule has 0 rings (SSSR count). The third kappa shape index (κ3) is 29.1. The van der Waals surface area contributed by atoms with Gasteiger partial charge in [0, 0.05) is 6.42 Å². The normalized spacial score (nSPS) is 14.3. The molecule has 0 aromatic heterocycles. The predicted octanol–water partition coefficient (Wildman–Crippen LogP) is 9.65. The van der Waals surface area contributed by atoms with Crippen LogP contribution in [0.3, 0.4) is 0 Å². The van der Waals surface area contributed by atoms with Gasteiger partial charge in [-0.1, -0.05) is 127 Å². The molecule has 43 heavy (non-hydrogen) atoms. The summed E-state index contributed by atoms with van der Waals surface area (Å²) in [5.41, 5.74) is 0. The van der Waals surface area contributed by atoms with E-state index in [4.69, 9.17) is 0 Å². The lowest BCUT2D eigenvalue weighted by atomic mass is 10.0. The van der Waals surface area contributed by atoms with Crippen LogP contribution >= 0.6 is 0 Å². The summed E-state index contributed by atoms with van der Waals surface area (Å²) in [5, 5.41) is 33.3. The highest BCUT2D eigenvalue weighted by atomic mass is 16.3. The molecular weight excluding hydrogens is 534 g/mol. The minimum atomic E-state index is -1.17. The Bertz CT molecular complexity index is 675. The zero-order valence-electron chi connectivity index (χ0n) is 28.3. The second kappa shape index (κ2) is 33.5. The molecule has 4 N–H and O–H groups in total. The van der Waals surface area contributed by atoms with Crippen molar-refractivity contribution in [3.8, 4) is 0 Å². The number of rotatable bonds is 32. The molecular formula is C38H71NO4. The number of hydrogen-bond donors (Lipinski definition) is 4. The summed E-state index contributed by atoms with van der Waals surface area (Å²) < 4.78 is 0. The van der Waals surface area contributed by atoms with Crippen molar-refractivity contribution in [3.63, 3.8) is 0 Å². The Morgan fingerprint density at radius 3 is 1.44 bits per heavy atom. The lowest BCUT2D eigenvalue weighted by Crippen LogP contribution is -2.50. The maximum absolute atomic E-state index is 12.3. The monoisotopic (exact) mass is 606 g/mol. The van der Waals surface area contributed by atoms with Gasteiger partial charge in [-0.05, 0) is 77.0 Å². The molecule has 5 nitrogen and oxygen atoms in total. The molecule has 1 amide bonds. The van der Waals surface area contributed by atoms with Crippen molar-refractivity contribution in [2.24, 2.45) is 0 Å². The Hall–Kier alpha value is -1.43. The second-order valence-corrected chi connectivity index (χ2v) is 12.4. The molecule has 0 aromatic carbocycles. The molecule has 0 radical (unpaired) electrons. The minimum absolute atomic E-state index is 0.170. The van der Waals surface area contributed by atoms with Crippen LogP contribution in [0.1, 0.15) is 174 Å². The SMILES string of the molecule is CCCCCC/C=C/CC/C=C/CCCC(O)C(O)C(CO)NC(=O)CCCCCCC/C=C\CCCCCCCCC. The highest BCUT2D eigenvalue weighted by Gasteiger charge is 2.26. The number of amides is 1. The summed E-state index contributed by atoms with van der Waals surface area (Å²) in [5.74, 6) is -0.170. The lowest BCUT2D eigenvalue weighted by molar-refractivity contribution is -0.124. The summed E-state index contributed by atoms with van der Waals surface area (Å²) in [7, 11) is 0. The third-order valence-corrected chi connectivity index (χ3v) is 8.19. The summed E-state index contributed by atoms with van der Waals surface area (Å²) in [6.07, 6.45) is 39.5. The number of aliphatic hydroxyl groups excluding tert-OH is 3. The van der Waals surface area contributed by atoms with Crippen LogP contribution in [0.25, 0.3) is 0 Å². The summed E-state index contributed by atoms with van der Waals surface area (Å²) in [6.45, 7) is 4.11. The van der Waals surface area contributed by atoms with Crippen LogP contribution in [-0.2, 0) is 4.79 Å². The number of nitrogens with one attached hydrogen (secondary N) is 1. The molecule has 0 aliphatic rings. The fourth-order valence-corrected chi connectivity index (χ4v) is 5.29.